The first-order chi connectivity index (χ1) is 8.17. The van der Waals surface area contributed by atoms with Crippen molar-refractivity contribution in [3.05, 3.63) is 23.2 Å². The molecule has 0 aliphatic heterocycles. The van der Waals surface area contributed by atoms with E-state index < -0.39 is 0 Å². The molecule has 1 aromatic rings. The summed E-state index contributed by atoms with van der Waals surface area (Å²) >= 11 is 5.89. The molecule has 1 rings (SSSR count). The molecule has 0 saturated carbocycles. The van der Waals surface area contributed by atoms with E-state index in [1.54, 1.807) is 25.3 Å². The van der Waals surface area contributed by atoms with Crippen molar-refractivity contribution in [3.63, 3.8) is 0 Å². The summed E-state index contributed by atoms with van der Waals surface area (Å²) in [6.07, 6.45) is 1.09. The van der Waals surface area contributed by atoms with Gasteiger partial charge < -0.3 is 14.8 Å². The van der Waals surface area contributed by atoms with Crippen molar-refractivity contribution in [1.29, 1.82) is 0 Å². The minimum absolute atomic E-state index is 0.204. The number of ether oxygens (including phenoxy) is 2. The monoisotopic (exact) mass is 257 g/mol. The van der Waals surface area contributed by atoms with Crippen LogP contribution in [0.3, 0.4) is 0 Å². The third-order valence-corrected chi connectivity index (χ3v) is 2.50. The van der Waals surface area contributed by atoms with Crippen LogP contribution < -0.4 is 10.1 Å². The Hall–Kier alpha value is -1.42. The molecular formula is C12H16ClNO3. The van der Waals surface area contributed by atoms with Crippen LogP contribution in [-0.2, 0) is 9.53 Å². The van der Waals surface area contributed by atoms with Crippen molar-refractivity contribution in [1.82, 2.24) is 0 Å². The predicted molar refractivity (Wildman–Crippen MR) is 67.7 cm³/mol. The average Bonchev–Trinajstić information content (AvgIpc) is 2.34. The minimum atomic E-state index is -0.204. The second kappa shape index (κ2) is 7.01. The highest BCUT2D eigenvalue weighted by Crippen LogP contribution is 2.27. The molecule has 0 radical (unpaired) electrons. The van der Waals surface area contributed by atoms with Crippen LogP contribution >= 0.6 is 11.6 Å². The lowest BCUT2D eigenvalue weighted by Gasteiger charge is -2.11. The van der Waals surface area contributed by atoms with Gasteiger partial charge in [-0.1, -0.05) is 11.6 Å². The molecule has 0 aliphatic rings. The lowest BCUT2D eigenvalue weighted by molar-refractivity contribution is -0.140. The number of esters is 1. The number of anilines is 1. The fourth-order valence-electron chi connectivity index (χ4n) is 1.38. The van der Waals surface area contributed by atoms with E-state index in [9.17, 15) is 4.79 Å². The zero-order valence-electron chi connectivity index (χ0n) is 9.96. The van der Waals surface area contributed by atoms with Crippen LogP contribution in [0.2, 0.25) is 5.02 Å². The Morgan fingerprint density at radius 2 is 2.18 bits per heavy atom. The van der Waals surface area contributed by atoms with E-state index >= 15 is 0 Å². The maximum absolute atomic E-state index is 10.9. The van der Waals surface area contributed by atoms with E-state index in [0.29, 0.717) is 24.4 Å². The van der Waals surface area contributed by atoms with Gasteiger partial charge in [0.25, 0.3) is 0 Å². The van der Waals surface area contributed by atoms with Gasteiger partial charge in [0, 0.05) is 18.0 Å². The van der Waals surface area contributed by atoms with Crippen LogP contribution in [0, 0.1) is 0 Å². The number of rotatable bonds is 6. The Kier molecular flexibility index (Phi) is 5.63. The van der Waals surface area contributed by atoms with Gasteiger partial charge in [0.15, 0.2) is 0 Å². The van der Waals surface area contributed by atoms with E-state index in [1.807, 2.05) is 0 Å². The zero-order chi connectivity index (χ0) is 12.7. The molecule has 17 heavy (non-hydrogen) atoms. The molecule has 1 N–H and O–H groups in total. The zero-order valence-corrected chi connectivity index (χ0v) is 10.7. The highest BCUT2D eigenvalue weighted by molar-refractivity contribution is 6.30. The molecule has 0 aliphatic carbocycles. The largest absolute Gasteiger partial charge is 0.495 e. The molecule has 0 unspecified atom stereocenters. The van der Waals surface area contributed by atoms with Crippen LogP contribution in [0.4, 0.5) is 5.69 Å². The number of hydrogen-bond donors (Lipinski definition) is 1. The molecule has 5 heteroatoms. The maximum Gasteiger partial charge on any atom is 0.305 e. The summed E-state index contributed by atoms with van der Waals surface area (Å²) in [5.74, 6) is 0.525. The van der Waals surface area contributed by atoms with Gasteiger partial charge in [0.2, 0.25) is 0 Å². The Morgan fingerprint density at radius 3 is 2.82 bits per heavy atom. The first-order valence-corrected chi connectivity index (χ1v) is 5.69. The first-order valence-electron chi connectivity index (χ1n) is 5.31. The van der Waals surface area contributed by atoms with Gasteiger partial charge in [0.05, 0.1) is 19.9 Å². The molecule has 0 bridgehead atoms. The predicted octanol–water partition coefficient (Wildman–Crippen LogP) is 2.71. The van der Waals surface area contributed by atoms with Crippen molar-refractivity contribution in [3.8, 4) is 5.75 Å². The Morgan fingerprint density at radius 1 is 1.41 bits per heavy atom. The summed E-state index contributed by atoms with van der Waals surface area (Å²) in [5.41, 5.74) is 0.824. The normalized spacial score (nSPS) is 9.82. The van der Waals surface area contributed by atoms with Crippen molar-refractivity contribution in [2.75, 3.05) is 26.1 Å². The molecular weight excluding hydrogens is 242 g/mol. The van der Waals surface area contributed by atoms with Gasteiger partial charge in [-0.25, -0.2) is 0 Å². The summed E-state index contributed by atoms with van der Waals surface area (Å²) < 4.78 is 9.74. The second-order valence-corrected chi connectivity index (χ2v) is 3.89. The van der Waals surface area contributed by atoms with E-state index in [0.717, 1.165) is 11.4 Å². The van der Waals surface area contributed by atoms with Gasteiger partial charge in [-0.05, 0) is 24.6 Å². The van der Waals surface area contributed by atoms with Crippen LogP contribution in [0.25, 0.3) is 0 Å². The second-order valence-electron chi connectivity index (χ2n) is 3.45. The maximum atomic E-state index is 10.9. The van der Waals surface area contributed by atoms with Crippen molar-refractivity contribution >= 4 is 23.3 Å². The standard InChI is InChI=1S/C12H16ClNO3/c1-16-11-6-5-9(13)8-10(11)14-7-3-4-12(15)17-2/h5-6,8,14H,3-4,7H2,1-2H3. The SMILES string of the molecule is COC(=O)CCCNc1cc(Cl)ccc1OC. The van der Waals surface area contributed by atoms with Crippen molar-refractivity contribution < 1.29 is 14.3 Å². The number of methoxy groups -OCH3 is 2. The minimum Gasteiger partial charge on any atom is -0.495 e. The summed E-state index contributed by atoms with van der Waals surface area (Å²) in [6.45, 7) is 0.659. The smallest absolute Gasteiger partial charge is 0.305 e. The van der Waals surface area contributed by atoms with Gasteiger partial charge in [-0.15, -0.1) is 0 Å². The average molecular weight is 258 g/mol. The van der Waals surface area contributed by atoms with Crippen LogP contribution in [0.5, 0.6) is 5.75 Å². The highest BCUT2D eigenvalue weighted by Gasteiger charge is 2.04. The quantitative estimate of drug-likeness (QED) is 0.629. The van der Waals surface area contributed by atoms with Crippen molar-refractivity contribution in [2.45, 2.75) is 12.8 Å². The lowest BCUT2D eigenvalue weighted by Crippen LogP contribution is -2.07. The molecule has 1 aromatic carbocycles. The van der Waals surface area contributed by atoms with Gasteiger partial charge in [0.1, 0.15) is 5.75 Å². The van der Waals surface area contributed by atoms with Gasteiger partial charge >= 0.3 is 5.97 Å². The summed E-state index contributed by atoms with van der Waals surface area (Å²) in [6, 6.07) is 5.35. The van der Waals surface area contributed by atoms with E-state index in [-0.39, 0.29) is 5.97 Å². The summed E-state index contributed by atoms with van der Waals surface area (Å²) in [4.78, 5) is 10.9. The third-order valence-electron chi connectivity index (χ3n) is 2.26. The number of hydrogen-bond acceptors (Lipinski definition) is 4. The topological polar surface area (TPSA) is 47.6 Å². The van der Waals surface area contributed by atoms with Gasteiger partial charge in [-0.2, -0.15) is 0 Å². The number of nitrogens with one attached hydrogen (secondary N) is 1. The lowest BCUT2D eigenvalue weighted by atomic mass is 10.2. The van der Waals surface area contributed by atoms with E-state index in [4.69, 9.17) is 16.3 Å². The fraction of sp³-hybridized carbons (Fsp3) is 0.417. The van der Waals surface area contributed by atoms with Crippen LogP contribution in [0.15, 0.2) is 18.2 Å². The molecule has 0 spiro atoms. The highest BCUT2D eigenvalue weighted by atomic mass is 35.5. The number of carbonyl (C=O) groups is 1. The van der Waals surface area contributed by atoms with Crippen molar-refractivity contribution in [2.24, 2.45) is 0 Å². The van der Waals surface area contributed by atoms with Gasteiger partial charge in [-0.3, -0.25) is 4.79 Å². The number of benzene rings is 1. The molecule has 94 valence electrons. The number of carbonyl (C=O) groups excluding carboxylic acids is 1. The van der Waals surface area contributed by atoms with E-state index in [1.165, 1.54) is 7.11 Å². The Balaban J connectivity index is 2.45. The molecule has 0 fully saturated rings. The molecule has 0 atom stereocenters. The molecule has 0 heterocycles. The van der Waals surface area contributed by atoms with Crippen LogP contribution in [0.1, 0.15) is 12.8 Å². The molecule has 4 nitrogen and oxygen atoms in total. The molecule has 0 saturated heterocycles. The van der Waals surface area contributed by atoms with E-state index in [2.05, 4.69) is 10.1 Å². The summed E-state index contributed by atoms with van der Waals surface area (Å²) in [5, 5.41) is 3.81. The number of halogens is 1. The Bertz CT molecular complexity index is 382. The third kappa shape index (κ3) is 4.53. The molecule has 0 amide bonds. The Labute approximate surface area is 106 Å². The molecule has 0 aromatic heterocycles. The van der Waals surface area contributed by atoms with Crippen LogP contribution in [-0.4, -0.2) is 26.7 Å². The summed E-state index contributed by atoms with van der Waals surface area (Å²) in [7, 11) is 2.98. The first kappa shape index (κ1) is 13.6. The fourth-order valence-corrected chi connectivity index (χ4v) is 1.55.